The fraction of sp³-hybridized carbons (Fsp3) is 0.417. The van der Waals surface area contributed by atoms with Crippen molar-refractivity contribution < 1.29 is 4.58 Å². The van der Waals surface area contributed by atoms with E-state index in [0.29, 0.717) is 5.92 Å². The highest BCUT2D eigenvalue weighted by molar-refractivity contribution is 5.67. The summed E-state index contributed by atoms with van der Waals surface area (Å²) in [6.45, 7) is 4.48. The van der Waals surface area contributed by atoms with Gasteiger partial charge < -0.3 is 0 Å². The molecular weight excluding hydrogens is 158 g/mol. The molecule has 2 rings (SSSR count). The first kappa shape index (κ1) is 8.49. The molecule has 1 heteroatoms. The van der Waals surface area contributed by atoms with Gasteiger partial charge in [-0.25, -0.2) is 4.58 Å². The third-order valence-electron chi connectivity index (χ3n) is 2.74. The molecule has 1 heterocycles. The summed E-state index contributed by atoms with van der Waals surface area (Å²) in [5.74, 6) is 0.635. The van der Waals surface area contributed by atoms with E-state index in [9.17, 15) is 0 Å². The quantitative estimate of drug-likeness (QED) is 0.576. The van der Waals surface area contributed by atoms with Gasteiger partial charge in [0.2, 0.25) is 5.69 Å². The Hall–Kier alpha value is -1.11. The third kappa shape index (κ3) is 1.39. The molecule has 0 saturated heterocycles. The molecule has 0 bridgehead atoms. The maximum absolute atomic E-state index is 2.33. The van der Waals surface area contributed by atoms with Crippen LogP contribution in [0.4, 0.5) is 5.69 Å². The summed E-state index contributed by atoms with van der Waals surface area (Å²) in [6, 6.07) is 6.80. The molecule has 0 aromatic heterocycles. The minimum atomic E-state index is 0.635. The first-order valence-electron chi connectivity index (χ1n) is 4.87. The third-order valence-corrected chi connectivity index (χ3v) is 2.74. The number of nitrogens with zero attached hydrogens (tertiary/aromatic N) is 1. The minimum Gasteiger partial charge on any atom is -0.205 e. The van der Waals surface area contributed by atoms with Crippen LogP contribution in [0.25, 0.3) is 0 Å². The highest BCUT2D eigenvalue weighted by Crippen LogP contribution is 2.26. The predicted octanol–water partition coefficient (Wildman–Crippen LogP) is 2.71. The van der Waals surface area contributed by atoms with Gasteiger partial charge in [0.25, 0.3) is 0 Å². The summed E-state index contributed by atoms with van der Waals surface area (Å²) in [5, 5.41) is 0. The lowest BCUT2D eigenvalue weighted by Crippen LogP contribution is -1.93. The smallest absolute Gasteiger partial charge is 0.205 e. The second-order valence-corrected chi connectivity index (χ2v) is 4.04. The van der Waals surface area contributed by atoms with E-state index in [1.165, 1.54) is 16.8 Å². The van der Waals surface area contributed by atoms with Crippen molar-refractivity contribution >= 4 is 11.9 Å². The Balaban J connectivity index is 2.44. The summed E-state index contributed by atoms with van der Waals surface area (Å²) in [6.07, 6.45) is 3.32. The van der Waals surface area contributed by atoms with Crippen LogP contribution in [0.3, 0.4) is 0 Å². The van der Waals surface area contributed by atoms with Crippen molar-refractivity contribution in [2.24, 2.45) is 0 Å². The summed E-state index contributed by atoms with van der Waals surface area (Å²) in [7, 11) is 2.11. The van der Waals surface area contributed by atoms with Crippen molar-refractivity contribution in [3.05, 3.63) is 29.3 Å². The molecule has 0 saturated carbocycles. The average Bonchev–Trinajstić information content (AvgIpc) is 2.47. The van der Waals surface area contributed by atoms with Gasteiger partial charge in [0, 0.05) is 11.6 Å². The van der Waals surface area contributed by atoms with Crippen LogP contribution in [0.5, 0.6) is 0 Å². The van der Waals surface area contributed by atoms with Crippen LogP contribution in [0.15, 0.2) is 18.2 Å². The Kier molecular flexibility index (Phi) is 1.95. The molecule has 0 radical (unpaired) electrons. The van der Waals surface area contributed by atoms with Crippen molar-refractivity contribution in [3.8, 4) is 0 Å². The summed E-state index contributed by atoms with van der Waals surface area (Å²) >= 11 is 0. The van der Waals surface area contributed by atoms with Gasteiger partial charge in [0.15, 0.2) is 0 Å². The number of hydrogen-bond donors (Lipinski definition) is 0. The summed E-state index contributed by atoms with van der Waals surface area (Å²) in [4.78, 5) is 0. The number of benzene rings is 1. The Bertz CT molecular complexity index is 361. The Morgan fingerprint density at radius 2 is 2.08 bits per heavy atom. The maximum Gasteiger partial charge on any atom is 0.208 e. The minimum absolute atomic E-state index is 0.635. The van der Waals surface area contributed by atoms with Gasteiger partial charge in [-0.1, -0.05) is 19.9 Å². The van der Waals surface area contributed by atoms with Crippen molar-refractivity contribution in [3.63, 3.8) is 0 Å². The lowest BCUT2D eigenvalue weighted by atomic mass is 9.99. The van der Waals surface area contributed by atoms with Crippen molar-refractivity contribution in [2.45, 2.75) is 26.2 Å². The summed E-state index contributed by atoms with van der Waals surface area (Å²) in [5.41, 5.74) is 4.28. The first-order chi connectivity index (χ1) is 6.18. The average molecular weight is 174 g/mol. The van der Waals surface area contributed by atoms with Gasteiger partial charge in [-0.2, -0.15) is 0 Å². The largest absolute Gasteiger partial charge is 0.208 e. The van der Waals surface area contributed by atoms with Crippen LogP contribution in [0.2, 0.25) is 0 Å². The van der Waals surface area contributed by atoms with Gasteiger partial charge in [-0.05, 0) is 17.5 Å². The first-order valence-corrected chi connectivity index (χ1v) is 4.87. The van der Waals surface area contributed by atoms with Crippen molar-refractivity contribution in [1.82, 2.24) is 0 Å². The molecule has 0 amide bonds. The van der Waals surface area contributed by atoms with Crippen LogP contribution in [-0.2, 0) is 6.42 Å². The standard InChI is InChI=1S/C12H16N/c1-9(2)10-4-5-12-11(8-10)6-7-13(12)3/h4-5,7-9H,6H2,1-3H3/q+1. The van der Waals surface area contributed by atoms with E-state index in [2.05, 4.69) is 49.9 Å². The number of hydrogen-bond acceptors (Lipinski definition) is 0. The van der Waals surface area contributed by atoms with Crippen LogP contribution in [0.1, 0.15) is 30.9 Å². The Morgan fingerprint density at radius 1 is 1.31 bits per heavy atom. The molecule has 13 heavy (non-hydrogen) atoms. The van der Waals surface area contributed by atoms with Crippen LogP contribution < -0.4 is 0 Å². The molecule has 1 nitrogen and oxygen atoms in total. The van der Waals surface area contributed by atoms with E-state index in [-0.39, 0.29) is 0 Å². The molecule has 0 unspecified atom stereocenters. The summed E-state index contributed by atoms with van der Waals surface area (Å²) < 4.78 is 2.21. The Morgan fingerprint density at radius 3 is 2.77 bits per heavy atom. The van der Waals surface area contributed by atoms with Crippen molar-refractivity contribution in [2.75, 3.05) is 7.05 Å². The number of rotatable bonds is 1. The molecule has 1 aliphatic rings. The molecule has 1 aliphatic heterocycles. The van der Waals surface area contributed by atoms with E-state index < -0.39 is 0 Å². The molecule has 1 aromatic rings. The molecule has 0 atom stereocenters. The lowest BCUT2D eigenvalue weighted by Gasteiger charge is -2.05. The molecule has 68 valence electrons. The van der Waals surface area contributed by atoms with E-state index in [0.717, 1.165) is 6.42 Å². The topological polar surface area (TPSA) is 3.01 Å². The SMILES string of the molecule is CC(C)c1ccc2c(c1)CC=[N+]2C. The zero-order chi connectivity index (χ0) is 9.42. The van der Waals surface area contributed by atoms with Crippen LogP contribution in [0, 0.1) is 0 Å². The fourth-order valence-corrected chi connectivity index (χ4v) is 1.81. The molecular formula is C12H16N+. The highest BCUT2D eigenvalue weighted by Gasteiger charge is 2.18. The second kappa shape index (κ2) is 2.99. The van der Waals surface area contributed by atoms with E-state index in [1.54, 1.807) is 0 Å². The second-order valence-electron chi connectivity index (χ2n) is 4.04. The van der Waals surface area contributed by atoms with Gasteiger partial charge in [-0.3, -0.25) is 0 Å². The van der Waals surface area contributed by atoms with Gasteiger partial charge >= 0.3 is 0 Å². The van der Waals surface area contributed by atoms with E-state index in [4.69, 9.17) is 0 Å². The van der Waals surface area contributed by atoms with Crippen LogP contribution >= 0.6 is 0 Å². The van der Waals surface area contributed by atoms with Gasteiger partial charge in [0.1, 0.15) is 13.3 Å². The molecule has 0 N–H and O–H groups in total. The van der Waals surface area contributed by atoms with Gasteiger partial charge in [0.05, 0.1) is 6.42 Å². The van der Waals surface area contributed by atoms with Crippen molar-refractivity contribution in [1.29, 1.82) is 0 Å². The number of fused-ring (bicyclic) bond motifs is 1. The molecule has 0 spiro atoms. The maximum atomic E-state index is 2.33. The van der Waals surface area contributed by atoms with E-state index >= 15 is 0 Å². The molecule has 0 aliphatic carbocycles. The molecule has 0 fully saturated rings. The monoisotopic (exact) mass is 174 g/mol. The van der Waals surface area contributed by atoms with Gasteiger partial charge in [-0.15, -0.1) is 0 Å². The highest BCUT2D eigenvalue weighted by atomic mass is 15.0. The normalized spacial score (nSPS) is 14.6. The lowest BCUT2D eigenvalue weighted by molar-refractivity contribution is -0.396. The molecule has 1 aromatic carbocycles. The zero-order valence-corrected chi connectivity index (χ0v) is 8.54. The van der Waals surface area contributed by atoms with Crippen LogP contribution in [-0.4, -0.2) is 17.8 Å². The predicted molar refractivity (Wildman–Crippen MR) is 56.1 cm³/mol. The fourth-order valence-electron chi connectivity index (χ4n) is 1.81. The van der Waals surface area contributed by atoms with E-state index in [1.807, 2.05) is 0 Å². The Labute approximate surface area is 79.7 Å². The zero-order valence-electron chi connectivity index (χ0n) is 8.54.